The molecular formula is C20H29N5. The van der Waals surface area contributed by atoms with Crippen molar-refractivity contribution in [1.82, 2.24) is 20.5 Å². The summed E-state index contributed by atoms with van der Waals surface area (Å²) in [6.45, 7) is 6.40. The number of benzene rings is 1. The number of likely N-dealkylation sites (tertiary alicyclic amines) is 1. The van der Waals surface area contributed by atoms with Crippen molar-refractivity contribution in [3.63, 3.8) is 0 Å². The van der Waals surface area contributed by atoms with Crippen molar-refractivity contribution in [2.75, 3.05) is 33.2 Å². The van der Waals surface area contributed by atoms with E-state index in [1.807, 2.05) is 19.3 Å². The van der Waals surface area contributed by atoms with E-state index >= 15 is 0 Å². The van der Waals surface area contributed by atoms with Gasteiger partial charge in [-0.05, 0) is 44.0 Å². The summed E-state index contributed by atoms with van der Waals surface area (Å²) < 4.78 is 0. The Kier molecular flexibility index (Phi) is 6.23. The van der Waals surface area contributed by atoms with Crippen molar-refractivity contribution in [2.24, 2.45) is 4.99 Å². The Balaban J connectivity index is 1.50. The van der Waals surface area contributed by atoms with Gasteiger partial charge in [-0.1, -0.05) is 31.2 Å². The second-order valence-corrected chi connectivity index (χ2v) is 6.55. The highest BCUT2D eigenvalue weighted by atomic mass is 15.2. The summed E-state index contributed by atoms with van der Waals surface area (Å²) in [5.41, 5.74) is 2.37. The van der Waals surface area contributed by atoms with Crippen LogP contribution in [0.25, 0.3) is 10.9 Å². The van der Waals surface area contributed by atoms with Gasteiger partial charge in [-0.25, -0.2) is 0 Å². The maximum atomic E-state index is 4.53. The van der Waals surface area contributed by atoms with Gasteiger partial charge in [0.25, 0.3) is 0 Å². The van der Waals surface area contributed by atoms with Gasteiger partial charge in [-0.3, -0.25) is 14.9 Å². The topological polar surface area (TPSA) is 52.5 Å². The first kappa shape index (κ1) is 17.7. The molecule has 1 atom stereocenters. The molecule has 0 radical (unpaired) electrons. The van der Waals surface area contributed by atoms with Gasteiger partial charge >= 0.3 is 0 Å². The molecule has 5 nitrogen and oxygen atoms in total. The number of rotatable bonds is 6. The molecular weight excluding hydrogens is 310 g/mol. The van der Waals surface area contributed by atoms with Gasteiger partial charge in [0.05, 0.1) is 5.52 Å². The molecule has 25 heavy (non-hydrogen) atoms. The summed E-state index contributed by atoms with van der Waals surface area (Å²) >= 11 is 0. The summed E-state index contributed by atoms with van der Waals surface area (Å²) in [7, 11) is 1.83. The molecule has 0 aliphatic carbocycles. The van der Waals surface area contributed by atoms with Crippen LogP contribution in [0.15, 0.2) is 41.5 Å². The van der Waals surface area contributed by atoms with Crippen LogP contribution in [0.2, 0.25) is 0 Å². The molecule has 0 spiro atoms. The molecule has 1 unspecified atom stereocenters. The van der Waals surface area contributed by atoms with E-state index in [1.54, 1.807) is 0 Å². The Morgan fingerprint density at radius 2 is 2.16 bits per heavy atom. The fourth-order valence-corrected chi connectivity index (χ4v) is 3.66. The molecule has 0 amide bonds. The number of guanidine groups is 1. The van der Waals surface area contributed by atoms with E-state index in [-0.39, 0.29) is 0 Å². The first-order chi connectivity index (χ1) is 12.3. The van der Waals surface area contributed by atoms with Crippen LogP contribution in [-0.4, -0.2) is 55.1 Å². The molecule has 1 aliphatic heterocycles. The van der Waals surface area contributed by atoms with Crippen LogP contribution >= 0.6 is 0 Å². The highest BCUT2D eigenvalue weighted by Crippen LogP contribution is 2.16. The second-order valence-electron chi connectivity index (χ2n) is 6.55. The molecule has 1 aromatic carbocycles. The Morgan fingerprint density at radius 1 is 1.28 bits per heavy atom. The lowest BCUT2D eigenvalue weighted by Crippen LogP contribution is -2.45. The molecule has 3 rings (SSSR count). The van der Waals surface area contributed by atoms with Crippen LogP contribution in [0, 0.1) is 0 Å². The third kappa shape index (κ3) is 4.48. The van der Waals surface area contributed by atoms with Gasteiger partial charge in [-0.2, -0.15) is 0 Å². The third-order valence-electron chi connectivity index (χ3n) is 5.04. The lowest BCUT2D eigenvalue weighted by molar-refractivity contribution is 0.267. The molecule has 1 aliphatic rings. The zero-order chi connectivity index (χ0) is 17.5. The number of aliphatic imine (C=N–C) groups is 1. The van der Waals surface area contributed by atoms with Gasteiger partial charge in [-0.15, -0.1) is 0 Å². The minimum absolute atomic E-state index is 0.630. The standard InChI is InChI=1S/C20H29N5/c1-3-25-14-6-10-18(25)15-24-20(21-2)23-13-11-17-8-4-7-16-9-5-12-22-19(16)17/h4-5,7-9,12,18H,3,6,10-11,13-15H2,1-2H3,(H2,21,23,24). The highest BCUT2D eigenvalue weighted by molar-refractivity contribution is 5.82. The van der Waals surface area contributed by atoms with Crippen molar-refractivity contribution in [1.29, 1.82) is 0 Å². The maximum Gasteiger partial charge on any atom is 0.191 e. The molecule has 0 bridgehead atoms. The number of pyridine rings is 1. The van der Waals surface area contributed by atoms with Crippen molar-refractivity contribution >= 4 is 16.9 Å². The van der Waals surface area contributed by atoms with Crippen LogP contribution in [0.1, 0.15) is 25.3 Å². The van der Waals surface area contributed by atoms with E-state index in [4.69, 9.17) is 0 Å². The lowest BCUT2D eigenvalue weighted by atomic mass is 10.1. The quantitative estimate of drug-likeness (QED) is 0.627. The predicted octanol–water partition coefficient (Wildman–Crippen LogP) is 2.43. The molecule has 2 aromatic rings. The fraction of sp³-hybridized carbons (Fsp3) is 0.500. The van der Waals surface area contributed by atoms with Crippen LogP contribution in [0.5, 0.6) is 0 Å². The normalized spacial score (nSPS) is 18.6. The largest absolute Gasteiger partial charge is 0.356 e. The van der Waals surface area contributed by atoms with E-state index in [0.29, 0.717) is 6.04 Å². The molecule has 5 heteroatoms. The lowest BCUT2D eigenvalue weighted by Gasteiger charge is -2.24. The summed E-state index contributed by atoms with van der Waals surface area (Å²) in [6.07, 6.45) is 5.38. The van der Waals surface area contributed by atoms with Gasteiger partial charge < -0.3 is 10.6 Å². The zero-order valence-electron chi connectivity index (χ0n) is 15.3. The number of para-hydroxylation sites is 1. The first-order valence-electron chi connectivity index (χ1n) is 9.33. The van der Waals surface area contributed by atoms with E-state index < -0.39 is 0 Å². The van der Waals surface area contributed by atoms with E-state index in [2.05, 4.69) is 56.7 Å². The molecule has 1 aromatic heterocycles. The van der Waals surface area contributed by atoms with Gasteiger partial charge in [0.15, 0.2) is 5.96 Å². The molecule has 1 saturated heterocycles. The summed E-state index contributed by atoms with van der Waals surface area (Å²) in [5.74, 6) is 0.885. The summed E-state index contributed by atoms with van der Waals surface area (Å²) in [6, 6.07) is 11.1. The average Bonchev–Trinajstić information content (AvgIpc) is 3.12. The van der Waals surface area contributed by atoms with Crippen molar-refractivity contribution in [3.05, 3.63) is 42.1 Å². The number of fused-ring (bicyclic) bond motifs is 1. The monoisotopic (exact) mass is 339 g/mol. The number of aromatic nitrogens is 1. The van der Waals surface area contributed by atoms with Gasteiger partial charge in [0, 0.05) is 37.8 Å². The summed E-state index contributed by atoms with van der Waals surface area (Å²) in [5, 5.41) is 8.11. The Bertz CT molecular complexity index is 707. The van der Waals surface area contributed by atoms with Crippen molar-refractivity contribution in [3.8, 4) is 0 Å². The maximum absolute atomic E-state index is 4.53. The smallest absolute Gasteiger partial charge is 0.191 e. The Labute approximate surface area is 150 Å². The first-order valence-corrected chi connectivity index (χ1v) is 9.33. The van der Waals surface area contributed by atoms with Crippen molar-refractivity contribution < 1.29 is 0 Å². The predicted molar refractivity (Wildman–Crippen MR) is 105 cm³/mol. The minimum atomic E-state index is 0.630. The molecule has 0 saturated carbocycles. The van der Waals surface area contributed by atoms with Crippen LogP contribution in [0.4, 0.5) is 0 Å². The van der Waals surface area contributed by atoms with Crippen LogP contribution < -0.4 is 10.6 Å². The van der Waals surface area contributed by atoms with Crippen LogP contribution in [-0.2, 0) is 6.42 Å². The summed E-state index contributed by atoms with van der Waals surface area (Å²) in [4.78, 5) is 11.4. The van der Waals surface area contributed by atoms with Gasteiger partial charge in [0.2, 0.25) is 0 Å². The molecule has 134 valence electrons. The Morgan fingerprint density at radius 3 is 3.00 bits per heavy atom. The molecule has 2 N–H and O–H groups in total. The zero-order valence-corrected chi connectivity index (χ0v) is 15.3. The minimum Gasteiger partial charge on any atom is -0.356 e. The fourth-order valence-electron chi connectivity index (χ4n) is 3.66. The van der Waals surface area contributed by atoms with Gasteiger partial charge in [0.1, 0.15) is 0 Å². The van der Waals surface area contributed by atoms with E-state index in [1.165, 1.54) is 30.3 Å². The Hall–Kier alpha value is -2.14. The number of hydrogen-bond donors (Lipinski definition) is 2. The number of likely N-dealkylation sites (N-methyl/N-ethyl adjacent to an activating group) is 1. The number of nitrogens with zero attached hydrogens (tertiary/aromatic N) is 3. The van der Waals surface area contributed by atoms with E-state index in [9.17, 15) is 0 Å². The van der Waals surface area contributed by atoms with Crippen molar-refractivity contribution in [2.45, 2.75) is 32.2 Å². The third-order valence-corrected chi connectivity index (χ3v) is 5.04. The number of nitrogens with one attached hydrogen (secondary N) is 2. The number of hydrogen-bond acceptors (Lipinski definition) is 3. The SMILES string of the molecule is CCN1CCCC1CNC(=NC)NCCc1cccc2cccnc12. The molecule has 1 fully saturated rings. The highest BCUT2D eigenvalue weighted by Gasteiger charge is 2.22. The molecule has 2 heterocycles. The average molecular weight is 339 g/mol. The second kappa shape index (κ2) is 8.81. The van der Waals surface area contributed by atoms with E-state index in [0.717, 1.165) is 37.5 Å². The van der Waals surface area contributed by atoms with Crippen LogP contribution in [0.3, 0.4) is 0 Å².